The van der Waals surface area contributed by atoms with Crippen LogP contribution in [0.25, 0.3) is 0 Å². The van der Waals surface area contributed by atoms with Crippen LogP contribution in [0.1, 0.15) is 37.7 Å². The quantitative estimate of drug-likeness (QED) is 0.410. The van der Waals surface area contributed by atoms with E-state index in [-0.39, 0.29) is 24.0 Å². The molecule has 0 aromatic heterocycles. The van der Waals surface area contributed by atoms with Crippen LogP contribution in [0.15, 0.2) is 35.3 Å². The summed E-state index contributed by atoms with van der Waals surface area (Å²) in [5, 5.41) is 3.27. The molecule has 1 aliphatic carbocycles. The number of rotatable bonds is 6. The molecule has 1 aromatic carbocycles. The van der Waals surface area contributed by atoms with Crippen LogP contribution in [0.5, 0.6) is 0 Å². The maximum absolute atomic E-state index is 12.0. The Bertz CT molecular complexity index is 476. The second kappa shape index (κ2) is 11.0. The van der Waals surface area contributed by atoms with Gasteiger partial charge < -0.3 is 11.1 Å². The molecule has 0 bridgehead atoms. The molecule has 6 heteroatoms. The Kier molecular flexibility index (Phi) is 9.70. The van der Waals surface area contributed by atoms with Crippen LogP contribution in [-0.4, -0.2) is 28.5 Å². The van der Waals surface area contributed by atoms with Crippen LogP contribution in [-0.2, 0) is 16.6 Å². The van der Waals surface area contributed by atoms with E-state index in [1.54, 1.807) is 0 Å². The molecule has 0 aliphatic heterocycles. The number of halogens is 1. The highest BCUT2D eigenvalue weighted by Crippen LogP contribution is 2.16. The van der Waals surface area contributed by atoms with Crippen molar-refractivity contribution in [3.63, 3.8) is 0 Å². The van der Waals surface area contributed by atoms with Gasteiger partial charge in [-0.2, -0.15) is 0 Å². The van der Waals surface area contributed by atoms with Crippen molar-refractivity contribution in [2.45, 2.75) is 43.9 Å². The SMILES string of the molecule is I.NC(=NCCS(=O)Cc1ccccc1)NC1CCCCC1. The lowest BCUT2D eigenvalue weighted by Gasteiger charge is -2.23. The van der Waals surface area contributed by atoms with Crippen LogP contribution in [0.4, 0.5) is 0 Å². The summed E-state index contributed by atoms with van der Waals surface area (Å²) in [7, 11) is -0.885. The van der Waals surface area contributed by atoms with Gasteiger partial charge in [0.1, 0.15) is 0 Å². The minimum atomic E-state index is -0.885. The van der Waals surface area contributed by atoms with Gasteiger partial charge in [0, 0.05) is 28.3 Å². The fourth-order valence-corrected chi connectivity index (χ4v) is 3.61. The lowest BCUT2D eigenvalue weighted by atomic mass is 9.96. The van der Waals surface area contributed by atoms with Crippen molar-refractivity contribution in [2.75, 3.05) is 12.3 Å². The predicted octanol–water partition coefficient (Wildman–Crippen LogP) is 2.79. The average molecular weight is 435 g/mol. The Morgan fingerprint density at radius 3 is 2.59 bits per heavy atom. The number of aliphatic imine (C=N–C) groups is 1. The molecule has 0 saturated heterocycles. The Hall–Kier alpha value is -0.630. The van der Waals surface area contributed by atoms with Crippen molar-refractivity contribution in [1.29, 1.82) is 0 Å². The molecule has 1 aliphatic rings. The van der Waals surface area contributed by atoms with Gasteiger partial charge in [0.25, 0.3) is 0 Å². The minimum absolute atomic E-state index is 0. The maximum Gasteiger partial charge on any atom is 0.188 e. The lowest BCUT2D eigenvalue weighted by molar-refractivity contribution is 0.412. The standard InChI is InChI=1S/C16H25N3OS.HI/c17-16(19-15-9-5-2-6-10-15)18-11-12-21(20)13-14-7-3-1-4-8-14;/h1,3-4,7-8,15H,2,5-6,9-13H2,(H3,17,18,19);1H. The zero-order valence-corrected chi connectivity index (χ0v) is 16.0. The van der Waals surface area contributed by atoms with Gasteiger partial charge in [0.15, 0.2) is 5.96 Å². The highest BCUT2D eigenvalue weighted by Gasteiger charge is 2.13. The summed E-state index contributed by atoms with van der Waals surface area (Å²) in [5.41, 5.74) is 6.99. The third kappa shape index (κ3) is 7.58. The molecule has 4 nitrogen and oxygen atoms in total. The monoisotopic (exact) mass is 435 g/mol. The first kappa shape index (κ1) is 19.4. The number of nitrogens with two attached hydrogens (primary N) is 1. The van der Waals surface area contributed by atoms with Crippen molar-refractivity contribution in [2.24, 2.45) is 10.7 Å². The average Bonchev–Trinajstić information content (AvgIpc) is 2.49. The van der Waals surface area contributed by atoms with E-state index >= 15 is 0 Å². The molecule has 0 radical (unpaired) electrons. The molecule has 22 heavy (non-hydrogen) atoms. The third-order valence-corrected chi connectivity index (χ3v) is 5.02. The molecule has 1 atom stereocenters. The van der Waals surface area contributed by atoms with Gasteiger partial charge in [0.05, 0.1) is 6.54 Å². The highest BCUT2D eigenvalue weighted by atomic mass is 127. The Labute approximate surface area is 152 Å². The van der Waals surface area contributed by atoms with E-state index in [2.05, 4.69) is 10.3 Å². The summed E-state index contributed by atoms with van der Waals surface area (Å²) in [4.78, 5) is 4.29. The second-order valence-corrected chi connectivity index (χ2v) is 7.10. The Balaban J connectivity index is 0.00000242. The summed E-state index contributed by atoms with van der Waals surface area (Å²) in [6, 6.07) is 10.4. The van der Waals surface area contributed by atoms with Crippen LogP contribution in [0.3, 0.4) is 0 Å². The fraction of sp³-hybridized carbons (Fsp3) is 0.562. The summed E-state index contributed by atoms with van der Waals surface area (Å²) in [6.45, 7) is 0.519. The molecule has 0 amide bonds. The summed E-state index contributed by atoms with van der Waals surface area (Å²) in [5.74, 6) is 1.65. The molecule has 1 unspecified atom stereocenters. The molecular weight excluding hydrogens is 409 g/mol. The van der Waals surface area contributed by atoms with Crippen molar-refractivity contribution in [3.8, 4) is 0 Å². The summed E-state index contributed by atoms with van der Waals surface area (Å²) >= 11 is 0. The first-order chi connectivity index (χ1) is 10.2. The van der Waals surface area contributed by atoms with Gasteiger partial charge in [-0.15, -0.1) is 24.0 Å². The Morgan fingerprint density at radius 2 is 1.91 bits per heavy atom. The van der Waals surface area contributed by atoms with Gasteiger partial charge in [-0.1, -0.05) is 49.6 Å². The molecule has 0 spiro atoms. The topological polar surface area (TPSA) is 67.5 Å². The normalized spacial score (nSPS) is 17.5. The van der Waals surface area contributed by atoms with E-state index < -0.39 is 10.8 Å². The second-order valence-electron chi connectivity index (χ2n) is 5.52. The molecule has 2 rings (SSSR count). The number of nitrogens with zero attached hydrogens (tertiary/aromatic N) is 1. The van der Waals surface area contributed by atoms with Gasteiger partial charge in [-0.3, -0.25) is 9.20 Å². The van der Waals surface area contributed by atoms with Crippen molar-refractivity contribution in [3.05, 3.63) is 35.9 Å². The zero-order valence-electron chi connectivity index (χ0n) is 12.9. The van der Waals surface area contributed by atoms with Gasteiger partial charge in [0.2, 0.25) is 0 Å². The molecule has 3 N–H and O–H groups in total. The maximum atomic E-state index is 12.0. The van der Waals surface area contributed by atoms with Crippen molar-refractivity contribution < 1.29 is 4.21 Å². The molecule has 1 saturated carbocycles. The van der Waals surface area contributed by atoms with Crippen LogP contribution >= 0.6 is 24.0 Å². The van der Waals surface area contributed by atoms with E-state index in [4.69, 9.17) is 5.73 Å². The van der Waals surface area contributed by atoms with E-state index in [1.807, 2.05) is 30.3 Å². The van der Waals surface area contributed by atoms with Crippen molar-refractivity contribution >= 4 is 40.7 Å². The minimum Gasteiger partial charge on any atom is -0.370 e. The number of nitrogens with one attached hydrogen (secondary N) is 1. The number of hydrogen-bond donors (Lipinski definition) is 2. The van der Waals surface area contributed by atoms with E-state index in [0.29, 0.717) is 30.1 Å². The van der Waals surface area contributed by atoms with Gasteiger partial charge in [-0.05, 0) is 18.4 Å². The number of benzene rings is 1. The van der Waals surface area contributed by atoms with Gasteiger partial charge in [-0.25, -0.2) is 0 Å². The van der Waals surface area contributed by atoms with E-state index in [9.17, 15) is 4.21 Å². The highest BCUT2D eigenvalue weighted by molar-refractivity contribution is 14.0. The number of hydrogen-bond acceptors (Lipinski definition) is 2. The molecule has 124 valence electrons. The largest absolute Gasteiger partial charge is 0.370 e. The van der Waals surface area contributed by atoms with E-state index in [0.717, 1.165) is 5.56 Å². The van der Waals surface area contributed by atoms with Crippen LogP contribution in [0.2, 0.25) is 0 Å². The molecule has 1 fully saturated rings. The van der Waals surface area contributed by atoms with Gasteiger partial charge >= 0.3 is 0 Å². The zero-order chi connectivity index (χ0) is 14.9. The molecule has 1 aromatic rings. The fourth-order valence-electron chi connectivity index (χ4n) is 2.60. The van der Waals surface area contributed by atoms with Crippen LogP contribution in [0, 0.1) is 0 Å². The Morgan fingerprint density at radius 1 is 1.23 bits per heavy atom. The summed E-state index contributed by atoms with van der Waals surface area (Å²) < 4.78 is 12.0. The van der Waals surface area contributed by atoms with Crippen molar-refractivity contribution in [1.82, 2.24) is 5.32 Å². The first-order valence-electron chi connectivity index (χ1n) is 7.69. The summed E-state index contributed by atoms with van der Waals surface area (Å²) in [6.07, 6.45) is 6.22. The lowest BCUT2D eigenvalue weighted by Crippen LogP contribution is -2.41. The smallest absolute Gasteiger partial charge is 0.188 e. The number of guanidine groups is 1. The van der Waals surface area contributed by atoms with Crippen LogP contribution < -0.4 is 11.1 Å². The predicted molar refractivity (Wildman–Crippen MR) is 105 cm³/mol. The third-order valence-electron chi connectivity index (χ3n) is 3.73. The molecular formula is C16H26IN3OS. The molecule has 0 heterocycles. The first-order valence-corrected chi connectivity index (χ1v) is 9.18. The van der Waals surface area contributed by atoms with E-state index in [1.165, 1.54) is 32.1 Å².